The first-order chi connectivity index (χ1) is 9.80. The van der Waals surface area contributed by atoms with Gasteiger partial charge in [0.2, 0.25) is 5.91 Å². The molecule has 116 valence electrons. The molecule has 1 aromatic carbocycles. The minimum Gasteiger partial charge on any atom is -0.497 e. The molecule has 0 saturated carbocycles. The molecule has 6 heteroatoms. The number of rotatable bonds is 7. The Hall–Kier alpha value is -2.24. The van der Waals surface area contributed by atoms with E-state index in [1.807, 2.05) is 0 Å². The van der Waals surface area contributed by atoms with Crippen LogP contribution in [0.3, 0.4) is 0 Å². The Bertz CT molecular complexity index is 525. The maximum absolute atomic E-state index is 11.8. The number of methoxy groups -OCH3 is 2. The largest absolute Gasteiger partial charge is 0.497 e. The van der Waals surface area contributed by atoms with Gasteiger partial charge in [-0.25, -0.2) is 0 Å². The second kappa shape index (κ2) is 6.97. The molecular formula is C15H21NO5. The minimum absolute atomic E-state index is 0.0825. The Kier molecular flexibility index (Phi) is 5.58. The van der Waals surface area contributed by atoms with Crippen molar-refractivity contribution in [2.75, 3.05) is 14.2 Å². The molecule has 0 aromatic heterocycles. The van der Waals surface area contributed by atoms with Crippen LogP contribution in [0.1, 0.15) is 25.8 Å². The molecule has 1 amide bonds. The maximum Gasteiger partial charge on any atom is 0.309 e. The Balaban J connectivity index is 2.67. The summed E-state index contributed by atoms with van der Waals surface area (Å²) in [6.45, 7) is 3.30. The van der Waals surface area contributed by atoms with Crippen molar-refractivity contribution in [1.82, 2.24) is 5.32 Å². The quantitative estimate of drug-likeness (QED) is 0.801. The van der Waals surface area contributed by atoms with Crippen LogP contribution in [-0.4, -0.2) is 31.2 Å². The molecular weight excluding hydrogens is 274 g/mol. The molecule has 0 heterocycles. The summed E-state index contributed by atoms with van der Waals surface area (Å²) in [6.07, 6.45) is -0.0825. The SMILES string of the molecule is COc1ccc(CNC(=O)CC(C)(C)C(=O)O)c(OC)c1. The lowest BCUT2D eigenvalue weighted by Crippen LogP contribution is -2.33. The molecule has 0 aliphatic heterocycles. The van der Waals surface area contributed by atoms with Crippen molar-refractivity contribution >= 4 is 11.9 Å². The molecule has 2 N–H and O–H groups in total. The molecule has 6 nitrogen and oxygen atoms in total. The zero-order valence-electron chi connectivity index (χ0n) is 12.7. The average Bonchev–Trinajstić information content (AvgIpc) is 2.44. The molecule has 0 unspecified atom stereocenters. The van der Waals surface area contributed by atoms with Gasteiger partial charge in [-0.3, -0.25) is 9.59 Å². The maximum atomic E-state index is 11.8. The van der Waals surface area contributed by atoms with Gasteiger partial charge in [0, 0.05) is 24.6 Å². The number of carboxylic acid groups (broad SMARTS) is 1. The fourth-order valence-corrected chi connectivity index (χ4v) is 1.73. The van der Waals surface area contributed by atoms with Crippen molar-refractivity contribution in [3.05, 3.63) is 23.8 Å². The number of nitrogens with one attached hydrogen (secondary N) is 1. The highest BCUT2D eigenvalue weighted by Gasteiger charge is 2.30. The number of benzene rings is 1. The summed E-state index contributed by atoms with van der Waals surface area (Å²) in [7, 11) is 3.10. The van der Waals surface area contributed by atoms with Gasteiger partial charge < -0.3 is 19.9 Å². The zero-order chi connectivity index (χ0) is 16.0. The third-order valence-corrected chi connectivity index (χ3v) is 3.15. The van der Waals surface area contributed by atoms with Crippen molar-refractivity contribution in [1.29, 1.82) is 0 Å². The van der Waals surface area contributed by atoms with Crippen LogP contribution in [0.15, 0.2) is 18.2 Å². The van der Waals surface area contributed by atoms with Gasteiger partial charge in [0.15, 0.2) is 0 Å². The van der Waals surface area contributed by atoms with Crippen LogP contribution in [0.2, 0.25) is 0 Å². The van der Waals surface area contributed by atoms with Crippen LogP contribution >= 0.6 is 0 Å². The van der Waals surface area contributed by atoms with Crippen molar-refractivity contribution in [2.45, 2.75) is 26.8 Å². The Morgan fingerprint density at radius 1 is 1.24 bits per heavy atom. The summed E-state index contributed by atoms with van der Waals surface area (Å²) in [6, 6.07) is 5.29. The van der Waals surface area contributed by atoms with Crippen molar-refractivity contribution in [3.8, 4) is 11.5 Å². The standard InChI is InChI=1S/C15H21NO5/c1-15(2,14(18)19)8-13(17)16-9-10-5-6-11(20-3)7-12(10)21-4/h5-7H,8-9H2,1-4H3,(H,16,17)(H,18,19). The summed E-state index contributed by atoms with van der Waals surface area (Å²) in [4.78, 5) is 22.8. The second-order valence-corrected chi connectivity index (χ2v) is 5.32. The molecule has 0 fully saturated rings. The minimum atomic E-state index is -1.09. The van der Waals surface area contributed by atoms with E-state index in [1.165, 1.54) is 21.0 Å². The van der Waals surface area contributed by atoms with E-state index in [1.54, 1.807) is 25.3 Å². The van der Waals surface area contributed by atoms with Gasteiger partial charge in [-0.2, -0.15) is 0 Å². The van der Waals surface area contributed by atoms with Gasteiger partial charge >= 0.3 is 5.97 Å². The first-order valence-corrected chi connectivity index (χ1v) is 6.51. The van der Waals surface area contributed by atoms with Gasteiger partial charge in [-0.15, -0.1) is 0 Å². The Morgan fingerprint density at radius 3 is 2.43 bits per heavy atom. The van der Waals surface area contributed by atoms with Crippen LogP contribution in [-0.2, 0) is 16.1 Å². The average molecular weight is 295 g/mol. The molecule has 0 spiro atoms. The number of hydrogen-bond acceptors (Lipinski definition) is 4. The Morgan fingerprint density at radius 2 is 1.90 bits per heavy atom. The monoisotopic (exact) mass is 295 g/mol. The number of hydrogen-bond donors (Lipinski definition) is 2. The van der Waals surface area contributed by atoms with E-state index in [9.17, 15) is 9.59 Å². The topological polar surface area (TPSA) is 84.9 Å². The molecule has 0 aliphatic carbocycles. The highest BCUT2D eigenvalue weighted by molar-refractivity contribution is 5.84. The lowest BCUT2D eigenvalue weighted by Gasteiger charge is -2.18. The molecule has 1 aromatic rings. The first kappa shape index (κ1) is 16.8. The number of aliphatic carboxylic acids is 1. The predicted molar refractivity (Wildman–Crippen MR) is 77.4 cm³/mol. The molecule has 21 heavy (non-hydrogen) atoms. The van der Waals surface area contributed by atoms with Crippen LogP contribution < -0.4 is 14.8 Å². The molecule has 0 radical (unpaired) electrons. The number of amides is 1. The smallest absolute Gasteiger partial charge is 0.309 e. The third kappa shape index (κ3) is 4.66. The molecule has 1 rings (SSSR count). The van der Waals surface area contributed by atoms with Crippen molar-refractivity contribution < 1.29 is 24.2 Å². The number of ether oxygens (including phenoxy) is 2. The van der Waals surface area contributed by atoms with E-state index in [4.69, 9.17) is 14.6 Å². The van der Waals surface area contributed by atoms with Crippen LogP contribution in [0.5, 0.6) is 11.5 Å². The molecule has 0 saturated heterocycles. The summed E-state index contributed by atoms with van der Waals surface area (Å²) >= 11 is 0. The van der Waals surface area contributed by atoms with Crippen LogP contribution in [0, 0.1) is 5.41 Å². The Labute approximate surface area is 124 Å². The van der Waals surface area contributed by atoms with Crippen molar-refractivity contribution in [2.24, 2.45) is 5.41 Å². The van der Waals surface area contributed by atoms with Crippen LogP contribution in [0.4, 0.5) is 0 Å². The fraction of sp³-hybridized carbons (Fsp3) is 0.467. The number of carbonyl (C=O) groups is 2. The summed E-state index contributed by atoms with van der Waals surface area (Å²) in [5.41, 5.74) is -0.298. The highest BCUT2D eigenvalue weighted by Crippen LogP contribution is 2.25. The summed E-state index contributed by atoms with van der Waals surface area (Å²) in [5, 5.41) is 11.7. The second-order valence-electron chi connectivity index (χ2n) is 5.32. The van der Waals surface area contributed by atoms with E-state index in [2.05, 4.69) is 5.32 Å². The van der Waals surface area contributed by atoms with Gasteiger partial charge in [-0.1, -0.05) is 0 Å². The summed E-state index contributed by atoms with van der Waals surface area (Å²) in [5.74, 6) is -0.0546. The summed E-state index contributed by atoms with van der Waals surface area (Å²) < 4.78 is 10.3. The normalized spacial score (nSPS) is 10.9. The first-order valence-electron chi connectivity index (χ1n) is 6.51. The predicted octanol–water partition coefficient (Wildman–Crippen LogP) is 1.82. The lowest BCUT2D eigenvalue weighted by atomic mass is 9.89. The van der Waals surface area contributed by atoms with Gasteiger partial charge in [-0.05, 0) is 26.0 Å². The van der Waals surface area contributed by atoms with E-state index < -0.39 is 11.4 Å². The van der Waals surface area contributed by atoms with Gasteiger partial charge in [0.1, 0.15) is 11.5 Å². The van der Waals surface area contributed by atoms with E-state index in [-0.39, 0.29) is 18.9 Å². The van der Waals surface area contributed by atoms with Crippen LogP contribution in [0.25, 0.3) is 0 Å². The van der Waals surface area contributed by atoms with E-state index in [0.29, 0.717) is 11.5 Å². The third-order valence-electron chi connectivity index (χ3n) is 3.15. The van der Waals surface area contributed by atoms with Gasteiger partial charge in [0.25, 0.3) is 0 Å². The molecule has 0 atom stereocenters. The molecule has 0 aliphatic rings. The number of carbonyl (C=O) groups excluding carboxylic acids is 1. The highest BCUT2D eigenvalue weighted by atomic mass is 16.5. The zero-order valence-corrected chi connectivity index (χ0v) is 12.7. The fourth-order valence-electron chi connectivity index (χ4n) is 1.73. The molecule has 0 bridgehead atoms. The van der Waals surface area contributed by atoms with Gasteiger partial charge in [0.05, 0.1) is 19.6 Å². The van der Waals surface area contributed by atoms with E-state index in [0.717, 1.165) is 5.56 Å². The van der Waals surface area contributed by atoms with Crippen molar-refractivity contribution in [3.63, 3.8) is 0 Å². The van der Waals surface area contributed by atoms with E-state index >= 15 is 0 Å². The number of carboxylic acids is 1. The lowest BCUT2D eigenvalue weighted by molar-refractivity contribution is -0.149.